The van der Waals surface area contributed by atoms with Crippen LogP contribution in [0.15, 0.2) is 43.0 Å². The Morgan fingerprint density at radius 2 is 2.11 bits per heavy atom. The van der Waals surface area contributed by atoms with Gasteiger partial charge in [-0.2, -0.15) is 0 Å². The van der Waals surface area contributed by atoms with E-state index in [0.29, 0.717) is 5.56 Å². The second-order valence-electron chi connectivity index (χ2n) is 3.71. The van der Waals surface area contributed by atoms with Crippen molar-refractivity contribution < 1.29 is 14.3 Å². The van der Waals surface area contributed by atoms with Crippen molar-refractivity contribution in [2.75, 3.05) is 13.7 Å². The van der Waals surface area contributed by atoms with Crippen molar-refractivity contribution in [3.05, 3.63) is 48.6 Å². The molecule has 4 nitrogen and oxygen atoms in total. The number of carbonyl (C=O) groups excluding carboxylic acids is 2. The van der Waals surface area contributed by atoms with E-state index in [2.05, 4.69) is 12.5 Å². The van der Waals surface area contributed by atoms with Crippen molar-refractivity contribution in [2.24, 2.45) is 0 Å². The fraction of sp³-hybridized carbons (Fsp3) is 0.200. The van der Waals surface area contributed by atoms with Crippen LogP contribution in [0.5, 0.6) is 0 Å². The van der Waals surface area contributed by atoms with Crippen LogP contribution in [0.4, 0.5) is 0 Å². The maximum atomic E-state index is 11.9. The Kier molecular flexibility index (Phi) is 5.36. The van der Waals surface area contributed by atoms with Gasteiger partial charge in [0.2, 0.25) is 5.91 Å². The minimum absolute atomic E-state index is 0.000482. The van der Waals surface area contributed by atoms with Gasteiger partial charge in [0.1, 0.15) is 0 Å². The van der Waals surface area contributed by atoms with Crippen LogP contribution in [0.2, 0.25) is 0 Å². The van der Waals surface area contributed by atoms with Crippen LogP contribution >= 0.6 is 0 Å². The molecule has 0 aliphatic carbocycles. The SMILES string of the molecule is C#CCN(C(=O)C=C)C(C(=O)OC)c1ccccc1. The molecule has 0 saturated carbocycles. The summed E-state index contributed by atoms with van der Waals surface area (Å²) >= 11 is 0. The fourth-order valence-electron chi connectivity index (χ4n) is 1.70. The van der Waals surface area contributed by atoms with E-state index < -0.39 is 17.9 Å². The summed E-state index contributed by atoms with van der Waals surface area (Å²) in [5, 5.41) is 0. The average Bonchev–Trinajstić information content (AvgIpc) is 2.46. The number of rotatable bonds is 5. The van der Waals surface area contributed by atoms with E-state index in [1.165, 1.54) is 12.0 Å². The first kappa shape index (κ1) is 14.5. The number of hydrogen-bond acceptors (Lipinski definition) is 3. The number of carbonyl (C=O) groups is 2. The summed E-state index contributed by atoms with van der Waals surface area (Å²) in [6, 6.07) is 7.98. The largest absolute Gasteiger partial charge is 0.467 e. The molecule has 0 fully saturated rings. The van der Waals surface area contributed by atoms with E-state index >= 15 is 0 Å². The molecular weight excluding hydrogens is 242 g/mol. The van der Waals surface area contributed by atoms with Crippen LogP contribution in [-0.4, -0.2) is 30.4 Å². The third-order valence-electron chi connectivity index (χ3n) is 2.57. The van der Waals surface area contributed by atoms with Crippen LogP contribution in [0, 0.1) is 12.3 Å². The Balaban J connectivity index is 3.22. The smallest absolute Gasteiger partial charge is 0.333 e. The molecule has 0 aliphatic rings. The van der Waals surface area contributed by atoms with Crippen LogP contribution in [-0.2, 0) is 14.3 Å². The summed E-state index contributed by atoms with van der Waals surface area (Å²) in [6.07, 6.45) is 6.37. The Bertz CT molecular complexity index is 502. The number of amides is 1. The molecule has 0 heterocycles. The molecule has 4 heteroatoms. The van der Waals surface area contributed by atoms with Gasteiger partial charge in [-0.05, 0) is 11.6 Å². The maximum absolute atomic E-state index is 11.9. The van der Waals surface area contributed by atoms with Gasteiger partial charge in [-0.15, -0.1) is 6.42 Å². The summed E-state index contributed by atoms with van der Waals surface area (Å²) in [6.45, 7) is 3.41. The van der Waals surface area contributed by atoms with E-state index in [1.807, 2.05) is 6.07 Å². The van der Waals surface area contributed by atoms with Crippen LogP contribution in [0.3, 0.4) is 0 Å². The highest BCUT2D eigenvalue weighted by Gasteiger charge is 2.30. The number of ether oxygens (including phenoxy) is 1. The number of esters is 1. The molecule has 0 bridgehead atoms. The third-order valence-corrected chi connectivity index (χ3v) is 2.57. The van der Waals surface area contributed by atoms with Gasteiger partial charge in [0.15, 0.2) is 6.04 Å². The molecule has 1 atom stereocenters. The highest BCUT2D eigenvalue weighted by molar-refractivity contribution is 5.91. The molecule has 1 amide bonds. The van der Waals surface area contributed by atoms with Crippen molar-refractivity contribution in [1.82, 2.24) is 4.90 Å². The van der Waals surface area contributed by atoms with E-state index in [1.54, 1.807) is 24.3 Å². The first-order chi connectivity index (χ1) is 9.15. The Morgan fingerprint density at radius 3 is 2.58 bits per heavy atom. The van der Waals surface area contributed by atoms with Crippen molar-refractivity contribution in [1.29, 1.82) is 0 Å². The van der Waals surface area contributed by atoms with Crippen LogP contribution < -0.4 is 0 Å². The van der Waals surface area contributed by atoms with E-state index in [-0.39, 0.29) is 6.54 Å². The first-order valence-corrected chi connectivity index (χ1v) is 5.65. The van der Waals surface area contributed by atoms with Crippen molar-refractivity contribution in [3.8, 4) is 12.3 Å². The number of hydrogen-bond donors (Lipinski definition) is 0. The monoisotopic (exact) mass is 257 g/mol. The molecule has 0 saturated heterocycles. The molecule has 1 aromatic rings. The second kappa shape index (κ2) is 7.02. The molecule has 0 radical (unpaired) electrons. The molecule has 0 spiro atoms. The topological polar surface area (TPSA) is 46.6 Å². The summed E-state index contributed by atoms with van der Waals surface area (Å²) < 4.78 is 4.75. The Morgan fingerprint density at radius 1 is 1.47 bits per heavy atom. The van der Waals surface area contributed by atoms with Gasteiger partial charge in [0, 0.05) is 0 Å². The van der Waals surface area contributed by atoms with Gasteiger partial charge in [-0.3, -0.25) is 4.79 Å². The molecule has 0 N–H and O–H groups in total. The predicted octanol–water partition coefficient (Wildman–Crippen LogP) is 1.55. The molecule has 98 valence electrons. The number of methoxy groups -OCH3 is 1. The van der Waals surface area contributed by atoms with Crippen LogP contribution in [0.1, 0.15) is 11.6 Å². The zero-order chi connectivity index (χ0) is 14.3. The zero-order valence-electron chi connectivity index (χ0n) is 10.7. The van der Waals surface area contributed by atoms with Gasteiger partial charge < -0.3 is 9.64 Å². The summed E-state index contributed by atoms with van der Waals surface area (Å²) in [5.41, 5.74) is 0.639. The quantitative estimate of drug-likeness (QED) is 0.457. The molecule has 0 aliphatic heterocycles. The van der Waals surface area contributed by atoms with Crippen molar-refractivity contribution in [3.63, 3.8) is 0 Å². The fourth-order valence-corrected chi connectivity index (χ4v) is 1.70. The average molecular weight is 257 g/mol. The van der Waals surface area contributed by atoms with Crippen molar-refractivity contribution in [2.45, 2.75) is 6.04 Å². The lowest BCUT2D eigenvalue weighted by Gasteiger charge is -2.27. The highest BCUT2D eigenvalue weighted by Crippen LogP contribution is 2.22. The number of nitrogens with zero attached hydrogens (tertiary/aromatic N) is 1. The summed E-state index contributed by atoms with van der Waals surface area (Å²) in [5.74, 6) is 1.40. The predicted molar refractivity (Wildman–Crippen MR) is 71.9 cm³/mol. The Hall–Kier alpha value is -2.54. The van der Waals surface area contributed by atoms with Gasteiger partial charge >= 0.3 is 5.97 Å². The van der Waals surface area contributed by atoms with Gasteiger partial charge in [0.05, 0.1) is 13.7 Å². The minimum Gasteiger partial charge on any atom is -0.467 e. The highest BCUT2D eigenvalue weighted by atomic mass is 16.5. The molecule has 0 aromatic heterocycles. The summed E-state index contributed by atoms with van der Waals surface area (Å²) in [7, 11) is 1.27. The van der Waals surface area contributed by atoms with Crippen molar-refractivity contribution >= 4 is 11.9 Å². The molecule has 1 unspecified atom stereocenters. The zero-order valence-corrected chi connectivity index (χ0v) is 10.7. The van der Waals surface area contributed by atoms with E-state index in [0.717, 1.165) is 6.08 Å². The lowest BCUT2D eigenvalue weighted by molar-refractivity contribution is -0.151. The van der Waals surface area contributed by atoms with E-state index in [4.69, 9.17) is 11.2 Å². The third kappa shape index (κ3) is 3.46. The molecular formula is C15H15NO3. The molecule has 19 heavy (non-hydrogen) atoms. The lowest BCUT2D eigenvalue weighted by Crippen LogP contribution is -2.38. The first-order valence-electron chi connectivity index (χ1n) is 5.65. The van der Waals surface area contributed by atoms with Gasteiger partial charge in [-0.25, -0.2) is 4.79 Å². The summed E-state index contributed by atoms with van der Waals surface area (Å²) in [4.78, 5) is 25.0. The molecule has 1 rings (SSSR count). The van der Waals surface area contributed by atoms with Crippen LogP contribution in [0.25, 0.3) is 0 Å². The molecule has 1 aromatic carbocycles. The number of terminal acetylenes is 1. The maximum Gasteiger partial charge on any atom is 0.333 e. The minimum atomic E-state index is -0.868. The Labute approximate surface area is 112 Å². The standard InChI is InChI=1S/C15H15NO3/c1-4-11-16(13(17)5-2)14(15(18)19-3)12-9-7-6-8-10-12/h1,5-10,14H,2,11H2,3H3. The number of benzene rings is 1. The van der Waals surface area contributed by atoms with E-state index in [9.17, 15) is 9.59 Å². The normalized spacial score (nSPS) is 10.9. The van der Waals surface area contributed by atoms with Gasteiger partial charge in [0.25, 0.3) is 0 Å². The van der Waals surface area contributed by atoms with Gasteiger partial charge in [-0.1, -0.05) is 42.8 Å². The second-order valence-corrected chi connectivity index (χ2v) is 3.71. The lowest BCUT2D eigenvalue weighted by atomic mass is 10.1.